The number of thiophene rings is 1. The van der Waals surface area contributed by atoms with Gasteiger partial charge in [0.15, 0.2) is 5.88 Å². The van der Waals surface area contributed by atoms with Crippen molar-refractivity contribution in [2.75, 3.05) is 29.9 Å². The van der Waals surface area contributed by atoms with Crippen LogP contribution in [0.3, 0.4) is 0 Å². The second-order valence-corrected chi connectivity index (χ2v) is 9.09. The van der Waals surface area contributed by atoms with Crippen LogP contribution in [0.2, 0.25) is 0 Å². The molecule has 0 spiro atoms. The highest BCUT2D eigenvalue weighted by molar-refractivity contribution is 7.17. The fraction of sp³-hybridized carbons (Fsp3) is 0.458. The molecule has 1 N–H and O–H groups in total. The van der Waals surface area contributed by atoms with E-state index in [4.69, 9.17) is 9.15 Å². The van der Waals surface area contributed by atoms with Crippen molar-refractivity contribution in [1.29, 1.82) is 5.26 Å². The molecule has 1 saturated heterocycles. The molecule has 1 aliphatic heterocycles. The Morgan fingerprint density at radius 2 is 2.00 bits per heavy atom. The number of carbonyl (C=O) groups is 2. The number of nitrogens with one attached hydrogen (secondary N) is 1. The molecule has 0 saturated carbocycles. The van der Waals surface area contributed by atoms with Crippen LogP contribution < -0.4 is 10.2 Å². The van der Waals surface area contributed by atoms with Gasteiger partial charge in [0, 0.05) is 30.1 Å². The highest BCUT2D eigenvalue weighted by Crippen LogP contribution is 2.39. The van der Waals surface area contributed by atoms with E-state index >= 15 is 0 Å². The summed E-state index contributed by atoms with van der Waals surface area (Å²) in [6.07, 6.45) is 8.67. The number of hydrogen-bond acceptors (Lipinski definition) is 7. The Morgan fingerprint density at radius 3 is 2.75 bits per heavy atom. The zero-order valence-corrected chi connectivity index (χ0v) is 19.1. The number of nitrogens with zero attached hydrogens (tertiary/aromatic N) is 2. The number of amides is 1. The molecule has 0 aromatic carbocycles. The highest BCUT2D eigenvalue weighted by Gasteiger charge is 2.28. The summed E-state index contributed by atoms with van der Waals surface area (Å²) in [5.74, 6) is 0.215. The first-order chi connectivity index (χ1) is 15.6. The van der Waals surface area contributed by atoms with E-state index < -0.39 is 11.9 Å². The molecule has 0 bridgehead atoms. The predicted molar refractivity (Wildman–Crippen MR) is 124 cm³/mol. The summed E-state index contributed by atoms with van der Waals surface area (Å²) >= 11 is 1.40. The van der Waals surface area contributed by atoms with Gasteiger partial charge in [0.2, 0.25) is 0 Å². The van der Waals surface area contributed by atoms with Crippen molar-refractivity contribution < 1.29 is 18.7 Å². The van der Waals surface area contributed by atoms with Crippen molar-refractivity contribution in [3.05, 3.63) is 39.5 Å². The van der Waals surface area contributed by atoms with Crippen molar-refractivity contribution in [3.8, 4) is 6.07 Å². The maximum atomic E-state index is 12.9. The number of aryl methyl sites for hydroxylation is 1. The Balaban J connectivity index is 1.55. The lowest BCUT2D eigenvalue weighted by Crippen LogP contribution is -2.28. The quantitative estimate of drug-likeness (QED) is 0.378. The van der Waals surface area contributed by atoms with Crippen LogP contribution in [0.15, 0.2) is 22.1 Å². The standard InChI is InChI=1S/C24H27N3O4S/c1-2-30-24(29)21-18-8-4-5-9-19(18)32-23(21)26-22(28)16(15-25)14-17-10-11-20(31-17)27-12-6-3-7-13-27/h10-11,14H,2-9,12-13H2,1H3,(H,26,28). The molecule has 0 atom stereocenters. The lowest BCUT2D eigenvalue weighted by atomic mass is 9.95. The fourth-order valence-electron chi connectivity index (χ4n) is 4.24. The molecule has 2 aromatic heterocycles. The van der Waals surface area contributed by atoms with Crippen molar-refractivity contribution >= 4 is 40.2 Å². The predicted octanol–water partition coefficient (Wildman–Crippen LogP) is 4.93. The molecule has 2 aromatic rings. The number of anilines is 2. The van der Waals surface area contributed by atoms with Crippen LogP contribution in [0, 0.1) is 11.3 Å². The molecule has 0 unspecified atom stereocenters. The molecule has 1 aliphatic carbocycles. The molecule has 168 valence electrons. The summed E-state index contributed by atoms with van der Waals surface area (Å²) in [7, 11) is 0. The van der Waals surface area contributed by atoms with E-state index in [-0.39, 0.29) is 12.2 Å². The third kappa shape index (κ3) is 4.73. The van der Waals surface area contributed by atoms with Gasteiger partial charge in [-0.3, -0.25) is 4.79 Å². The van der Waals surface area contributed by atoms with E-state index in [0.29, 0.717) is 16.3 Å². The third-order valence-corrected chi connectivity index (χ3v) is 7.02. The van der Waals surface area contributed by atoms with Gasteiger partial charge < -0.3 is 19.4 Å². The second kappa shape index (κ2) is 10.0. The molecule has 1 fully saturated rings. The summed E-state index contributed by atoms with van der Waals surface area (Å²) in [6.45, 7) is 3.91. The molecular weight excluding hydrogens is 426 g/mol. The van der Waals surface area contributed by atoms with Crippen molar-refractivity contribution in [3.63, 3.8) is 0 Å². The Labute approximate surface area is 191 Å². The molecule has 8 heteroatoms. The van der Waals surface area contributed by atoms with Crippen molar-refractivity contribution in [1.82, 2.24) is 0 Å². The lowest BCUT2D eigenvalue weighted by Gasteiger charge is -2.25. The van der Waals surface area contributed by atoms with Gasteiger partial charge >= 0.3 is 5.97 Å². The Bertz CT molecular complexity index is 1070. The number of rotatable bonds is 6. The maximum absolute atomic E-state index is 12.9. The Kier molecular flexibility index (Phi) is 6.96. The highest BCUT2D eigenvalue weighted by atomic mass is 32.1. The average Bonchev–Trinajstić information content (AvgIpc) is 3.42. The van der Waals surface area contributed by atoms with Gasteiger partial charge in [-0.25, -0.2) is 4.79 Å². The fourth-order valence-corrected chi connectivity index (χ4v) is 5.51. The smallest absolute Gasteiger partial charge is 0.341 e. The molecule has 1 amide bonds. The zero-order chi connectivity index (χ0) is 22.5. The Morgan fingerprint density at radius 1 is 1.22 bits per heavy atom. The SMILES string of the molecule is CCOC(=O)c1c(NC(=O)C(C#N)=Cc2ccc(N3CCCCC3)o2)sc2c1CCCC2. The number of carbonyl (C=O) groups excluding carboxylic acids is 2. The number of piperidine rings is 1. The van der Waals surface area contributed by atoms with Gasteiger partial charge in [-0.1, -0.05) is 0 Å². The van der Waals surface area contributed by atoms with Gasteiger partial charge in [-0.2, -0.15) is 5.26 Å². The van der Waals surface area contributed by atoms with Gasteiger partial charge in [-0.15, -0.1) is 11.3 Å². The minimum Gasteiger partial charge on any atom is -0.462 e. The second-order valence-electron chi connectivity index (χ2n) is 7.98. The van der Waals surface area contributed by atoms with Gasteiger partial charge in [0.05, 0.1) is 12.2 Å². The van der Waals surface area contributed by atoms with Gasteiger partial charge in [0.25, 0.3) is 5.91 Å². The third-order valence-electron chi connectivity index (χ3n) is 5.81. The largest absolute Gasteiger partial charge is 0.462 e. The number of esters is 1. The normalized spacial score (nSPS) is 16.2. The molecular formula is C24H27N3O4S. The number of furan rings is 1. The molecule has 2 aliphatic rings. The molecule has 4 rings (SSSR count). The number of fused-ring (bicyclic) bond motifs is 1. The Hall–Kier alpha value is -3.05. The van der Waals surface area contributed by atoms with Gasteiger partial charge in [0.1, 0.15) is 22.4 Å². The number of hydrogen-bond donors (Lipinski definition) is 1. The van der Waals surface area contributed by atoms with Crippen LogP contribution >= 0.6 is 11.3 Å². The summed E-state index contributed by atoms with van der Waals surface area (Å²) < 4.78 is 11.1. The molecule has 3 heterocycles. The van der Waals surface area contributed by atoms with E-state index in [0.717, 1.165) is 67.9 Å². The van der Waals surface area contributed by atoms with Crippen LogP contribution in [0.25, 0.3) is 6.08 Å². The summed E-state index contributed by atoms with van der Waals surface area (Å²) in [5, 5.41) is 12.8. The van der Waals surface area contributed by atoms with Gasteiger partial charge in [-0.05, 0) is 63.5 Å². The summed E-state index contributed by atoms with van der Waals surface area (Å²) in [4.78, 5) is 28.8. The summed E-state index contributed by atoms with van der Waals surface area (Å²) in [6, 6.07) is 5.60. The van der Waals surface area contributed by atoms with Crippen molar-refractivity contribution in [2.45, 2.75) is 51.9 Å². The first kappa shape index (κ1) is 22.2. The minimum absolute atomic E-state index is 0.0780. The van der Waals surface area contributed by atoms with E-state index in [1.165, 1.54) is 23.8 Å². The lowest BCUT2D eigenvalue weighted by molar-refractivity contribution is -0.112. The van der Waals surface area contributed by atoms with Crippen LogP contribution in [0.1, 0.15) is 65.6 Å². The van der Waals surface area contributed by atoms with E-state index in [1.807, 2.05) is 12.1 Å². The van der Waals surface area contributed by atoms with Crippen LogP contribution in [0.5, 0.6) is 0 Å². The number of nitriles is 1. The van der Waals surface area contributed by atoms with E-state index in [9.17, 15) is 14.9 Å². The van der Waals surface area contributed by atoms with Crippen LogP contribution in [-0.4, -0.2) is 31.6 Å². The molecule has 7 nitrogen and oxygen atoms in total. The van der Waals surface area contributed by atoms with Crippen LogP contribution in [-0.2, 0) is 22.4 Å². The zero-order valence-electron chi connectivity index (χ0n) is 18.2. The first-order valence-electron chi connectivity index (χ1n) is 11.2. The monoisotopic (exact) mass is 453 g/mol. The van der Waals surface area contributed by atoms with E-state index in [2.05, 4.69) is 10.2 Å². The minimum atomic E-state index is -0.562. The van der Waals surface area contributed by atoms with E-state index in [1.54, 1.807) is 13.0 Å². The molecule has 32 heavy (non-hydrogen) atoms. The van der Waals surface area contributed by atoms with Crippen molar-refractivity contribution in [2.24, 2.45) is 0 Å². The summed E-state index contributed by atoms with van der Waals surface area (Å²) in [5.41, 5.74) is 1.32. The number of ether oxygens (including phenoxy) is 1. The first-order valence-corrected chi connectivity index (χ1v) is 12.0. The molecule has 0 radical (unpaired) electrons. The maximum Gasteiger partial charge on any atom is 0.341 e. The average molecular weight is 454 g/mol. The van der Waals surface area contributed by atoms with Crippen LogP contribution in [0.4, 0.5) is 10.9 Å². The topological polar surface area (TPSA) is 95.6 Å².